The van der Waals surface area contributed by atoms with E-state index in [0.717, 1.165) is 6.54 Å². The van der Waals surface area contributed by atoms with E-state index >= 15 is 0 Å². The Balaban J connectivity index is 0.000000278. The summed E-state index contributed by atoms with van der Waals surface area (Å²) in [6.07, 6.45) is 0.712. The van der Waals surface area contributed by atoms with Crippen LogP contribution >= 0.6 is 0 Å². The molecular formula is C12H18F2N2O2. The normalized spacial score (nSPS) is 18.1. The monoisotopic (exact) mass is 260 g/mol. The topological polar surface area (TPSA) is 46.4 Å². The van der Waals surface area contributed by atoms with E-state index in [-0.39, 0.29) is 11.0 Å². The van der Waals surface area contributed by atoms with E-state index in [2.05, 4.69) is 0 Å². The van der Waals surface area contributed by atoms with E-state index in [1.807, 2.05) is 48.3 Å². The highest BCUT2D eigenvalue weighted by molar-refractivity contribution is 4.99. The van der Waals surface area contributed by atoms with Crippen LogP contribution in [0.4, 0.5) is 8.78 Å². The highest BCUT2D eigenvalue weighted by atomic mass is 19.3. The lowest BCUT2D eigenvalue weighted by Gasteiger charge is -2.02. The molecule has 0 aromatic heterocycles. The lowest BCUT2D eigenvalue weighted by molar-refractivity contribution is -0.517. The van der Waals surface area contributed by atoms with Crippen LogP contribution in [-0.4, -0.2) is 42.9 Å². The number of rotatable bonds is 1. The number of benzene rings is 1. The zero-order valence-corrected chi connectivity index (χ0v) is 10.3. The molecule has 18 heavy (non-hydrogen) atoms. The first-order chi connectivity index (χ1) is 8.61. The number of likely N-dealkylation sites (N-methyl/N-ethyl adjacent to an activating group) is 1. The predicted octanol–water partition coefficient (Wildman–Crippen LogP) is 2.54. The van der Waals surface area contributed by atoms with Gasteiger partial charge in [-0.15, -0.1) is 0 Å². The second-order valence-electron chi connectivity index (χ2n) is 3.75. The number of nitro groups is 1. The van der Waals surface area contributed by atoms with Crippen molar-refractivity contribution < 1.29 is 13.7 Å². The van der Waals surface area contributed by atoms with Gasteiger partial charge in [-0.3, -0.25) is 15.0 Å². The quantitative estimate of drug-likeness (QED) is 0.576. The van der Waals surface area contributed by atoms with Crippen LogP contribution in [0.2, 0.25) is 0 Å². The predicted molar refractivity (Wildman–Crippen MR) is 66.4 cm³/mol. The van der Waals surface area contributed by atoms with Crippen molar-refractivity contribution in [2.75, 3.05) is 27.1 Å². The van der Waals surface area contributed by atoms with E-state index in [0.29, 0.717) is 13.0 Å². The van der Waals surface area contributed by atoms with E-state index in [1.165, 1.54) is 0 Å². The Morgan fingerprint density at radius 1 is 1.22 bits per heavy atom. The van der Waals surface area contributed by atoms with E-state index in [4.69, 9.17) is 0 Å². The second kappa shape index (κ2) is 10.6. The summed E-state index contributed by atoms with van der Waals surface area (Å²) in [6.45, 7) is -0.265. The Kier molecular flexibility index (Phi) is 9.67. The number of nitrogens with zero attached hydrogens (tertiary/aromatic N) is 2. The first-order valence-corrected chi connectivity index (χ1v) is 5.55. The summed E-state index contributed by atoms with van der Waals surface area (Å²) in [4.78, 5) is 11.9. The fourth-order valence-electron chi connectivity index (χ4n) is 1.47. The van der Waals surface area contributed by atoms with Crippen molar-refractivity contribution in [2.45, 2.75) is 12.5 Å². The van der Waals surface area contributed by atoms with Crippen LogP contribution in [-0.2, 0) is 0 Å². The van der Waals surface area contributed by atoms with Crippen LogP contribution in [0.15, 0.2) is 36.4 Å². The molecule has 2 rings (SSSR count). The van der Waals surface area contributed by atoms with Gasteiger partial charge in [0.2, 0.25) is 13.0 Å². The van der Waals surface area contributed by atoms with Crippen molar-refractivity contribution in [3.8, 4) is 0 Å². The molecule has 4 nitrogen and oxygen atoms in total. The first kappa shape index (κ1) is 16.4. The Hall–Kier alpha value is -1.56. The van der Waals surface area contributed by atoms with E-state index in [9.17, 15) is 18.9 Å². The Bertz CT molecular complexity index is 285. The Labute approximate surface area is 105 Å². The van der Waals surface area contributed by atoms with Crippen molar-refractivity contribution in [3.05, 3.63) is 46.5 Å². The SMILES string of the molecule is CN1CCC([N+](=O)[O-])C1.FCF.c1ccccc1. The minimum Gasteiger partial charge on any atom is -0.300 e. The van der Waals surface area contributed by atoms with Crippen molar-refractivity contribution in [1.29, 1.82) is 0 Å². The number of halogens is 2. The average molecular weight is 260 g/mol. The zero-order chi connectivity index (χ0) is 13.8. The molecule has 1 saturated heterocycles. The summed E-state index contributed by atoms with van der Waals surface area (Å²) >= 11 is 0. The molecule has 0 N–H and O–H groups in total. The minimum atomic E-state index is -1.75. The fourth-order valence-corrected chi connectivity index (χ4v) is 1.47. The lowest BCUT2D eigenvalue weighted by Crippen LogP contribution is -2.23. The molecule has 1 heterocycles. The highest BCUT2D eigenvalue weighted by Gasteiger charge is 2.28. The van der Waals surface area contributed by atoms with Gasteiger partial charge in [0, 0.05) is 17.9 Å². The molecule has 0 amide bonds. The Morgan fingerprint density at radius 3 is 1.78 bits per heavy atom. The second-order valence-corrected chi connectivity index (χ2v) is 3.75. The van der Waals surface area contributed by atoms with Crippen LogP contribution in [0.3, 0.4) is 0 Å². The van der Waals surface area contributed by atoms with Gasteiger partial charge in [-0.05, 0) is 7.05 Å². The van der Waals surface area contributed by atoms with Crippen molar-refractivity contribution in [2.24, 2.45) is 0 Å². The van der Waals surface area contributed by atoms with Crippen molar-refractivity contribution >= 4 is 0 Å². The van der Waals surface area contributed by atoms with Gasteiger partial charge in [-0.25, -0.2) is 8.78 Å². The maximum atomic E-state index is 10.1. The maximum Gasteiger partial charge on any atom is 0.229 e. The molecule has 1 atom stereocenters. The standard InChI is InChI=1S/C6H6.C5H10N2O2.CH2F2/c1-2-4-6-5-3-1;1-6-3-2-5(4-6)7(8)9;2-1-3/h1-6H;5H,2-4H2,1H3;1H2. The number of hydrogen-bond donors (Lipinski definition) is 0. The van der Waals surface area contributed by atoms with Crippen LogP contribution in [0.5, 0.6) is 0 Å². The molecular weight excluding hydrogens is 242 g/mol. The number of alkyl halides is 2. The van der Waals surface area contributed by atoms with Crippen LogP contribution in [0.1, 0.15) is 6.42 Å². The molecule has 1 aliphatic rings. The molecule has 0 bridgehead atoms. The fraction of sp³-hybridized carbons (Fsp3) is 0.500. The third kappa shape index (κ3) is 8.58. The molecule has 1 aromatic rings. The zero-order valence-electron chi connectivity index (χ0n) is 10.3. The largest absolute Gasteiger partial charge is 0.300 e. The maximum absolute atomic E-state index is 10.1. The molecule has 1 unspecified atom stereocenters. The highest BCUT2D eigenvalue weighted by Crippen LogP contribution is 2.08. The lowest BCUT2D eigenvalue weighted by atomic mass is 10.3. The summed E-state index contributed by atoms with van der Waals surface area (Å²) < 4.78 is 19.2. The van der Waals surface area contributed by atoms with Crippen molar-refractivity contribution in [1.82, 2.24) is 4.90 Å². The third-order valence-corrected chi connectivity index (χ3v) is 2.33. The van der Waals surface area contributed by atoms with Gasteiger partial charge < -0.3 is 0 Å². The summed E-state index contributed by atoms with van der Waals surface area (Å²) in [7, 11) is 1.91. The summed E-state index contributed by atoms with van der Waals surface area (Å²) in [5.41, 5.74) is 0. The molecule has 1 fully saturated rings. The molecule has 1 aromatic carbocycles. The minimum absolute atomic E-state index is 0.191. The van der Waals surface area contributed by atoms with Gasteiger partial charge in [0.15, 0.2) is 0 Å². The van der Waals surface area contributed by atoms with Gasteiger partial charge in [0.25, 0.3) is 0 Å². The summed E-state index contributed by atoms with van der Waals surface area (Å²) in [6, 6.07) is 11.7. The molecule has 0 radical (unpaired) electrons. The molecule has 6 heteroatoms. The van der Waals surface area contributed by atoms with Gasteiger partial charge >= 0.3 is 0 Å². The van der Waals surface area contributed by atoms with Crippen LogP contribution in [0, 0.1) is 10.1 Å². The molecule has 0 saturated carbocycles. The third-order valence-electron chi connectivity index (χ3n) is 2.33. The van der Waals surface area contributed by atoms with Crippen LogP contribution < -0.4 is 0 Å². The van der Waals surface area contributed by atoms with Gasteiger partial charge in [-0.2, -0.15) is 0 Å². The van der Waals surface area contributed by atoms with Crippen molar-refractivity contribution in [3.63, 3.8) is 0 Å². The van der Waals surface area contributed by atoms with Gasteiger partial charge in [-0.1, -0.05) is 36.4 Å². The van der Waals surface area contributed by atoms with Gasteiger partial charge in [0.1, 0.15) is 0 Å². The molecule has 1 aliphatic heterocycles. The summed E-state index contributed by atoms with van der Waals surface area (Å²) in [5.74, 6) is 0. The molecule has 0 spiro atoms. The Morgan fingerprint density at radius 2 is 1.61 bits per heavy atom. The molecule has 0 aliphatic carbocycles. The smallest absolute Gasteiger partial charge is 0.229 e. The van der Waals surface area contributed by atoms with E-state index in [1.54, 1.807) is 0 Å². The van der Waals surface area contributed by atoms with E-state index < -0.39 is 6.93 Å². The average Bonchev–Trinajstić information content (AvgIpc) is 2.80. The number of likely N-dealkylation sites (tertiary alicyclic amines) is 1. The first-order valence-electron chi connectivity index (χ1n) is 5.55. The molecule has 102 valence electrons. The van der Waals surface area contributed by atoms with Gasteiger partial charge in [0.05, 0.1) is 6.54 Å². The summed E-state index contributed by atoms with van der Waals surface area (Å²) in [5, 5.41) is 10.1. The number of hydrogen-bond acceptors (Lipinski definition) is 3. The van der Waals surface area contributed by atoms with Crippen LogP contribution in [0.25, 0.3) is 0 Å².